The Balaban J connectivity index is 2.43. The molecule has 0 unspecified atom stereocenters. The molecule has 0 saturated carbocycles. The van der Waals surface area contributed by atoms with E-state index in [1.54, 1.807) is 6.92 Å². The molecule has 0 amide bonds. The van der Waals surface area contributed by atoms with Gasteiger partial charge in [-0.2, -0.15) is 9.37 Å². The number of aromatic nitrogens is 2. The van der Waals surface area contributed by atoms with Crippen LogP contribution in [0.2, 0.25) is 0 Å². The molecule has 6 nitrogen and oxygen atoms in total. The summed E-state index contributed by atoms with van der Waals surface area (Å²) in [4.78, 5) is 18.5. The summed E-state index contributed by atoms with van der Waals surface area (Å²) in [5, 5.41) is 8.98. The lowest BCUT2D eigenvalue weighted by molar-refractivity contribution is 0.0696. The summed E-state index contributed by atoms with van der Waals surface area (Å²) >= 11 is 0. The number of carbonyl (C=O) groups is 1. The number of carboxylic acids is 1. The fraction of sp³-hybridized carbons (Fsp3) is 0.214. The van der Waals surface area contributed by atoms with Crippen molar-refractivity contribution in [3.8, 4) is 17.4 Å². The summed E-state index contributed by atoms with van der Waals surface area (Å²) in [7, 11) is 1.40. The summed E-state index contributed by atoms with van der Waals surface area (Å²) in [6, 6.07) is 4.04. The van der Waals surface area contributed by atoms with Gasteiger partial charge in [0.05, 0.1) is 18.4 Å². The molecule has 21 heavy (non-hydrogen) atoms. The Morgan fingerprint density at radius 3 is 2.71 bits per heavy atom. The van der Waals surface area contributed by atoms with E-state index in [1.165, 1.54) is 31.6 Å². The highest BCUT2D eigenvalue weighted by Gasteiger charge is 2.16. The third-order valence-corrected chi connectivity index (χ3v) is 2.78. The molecule has 0 aliphatic heterocycles. The van der Waals surface area contributed by atoms with Crippen LogP contribution in [0.25, 0.3) is 0 Å². The molecule has 2 rings (SSSR count). The third-order valence-electron chi connectivity index (χ3n) is 2.78. The van der Waals surface area contributed by atoms with Gasteiger partial charge in [0.15, 0.2) is 11.5 Å². The van der Waals surface area contributed by atoms with Gasteiger partial charge >= 0.3 is 5.97 Å². The predicted octanol–water partition coefficient (Wildman–Crippen LogP) is 2.68. The quantitative estimate of drug-likeness (QED) is 0.912. The number of rotatable bonds is 5. The van der Waals surface area contributed by atoms with Gasteiger partial charge in [-0.1, -0.05) is 6.92 Å². The zero-order valence-corrected chi connectivity index (χ0v) is 11.5. The molecule has 0 aliphatic carbocycles. The van der Waals surface area contributed by atoms with Crippen molar-refractivity contribution in [1.29, 1.82) is 0 Å². The summed E-state index contributed by atoms with van der Waals surface area (Å²) in [6.45, 7) is 1.75. The monoisotopic (exact) mass is 292 g/mol. The van der Waals surface area contributed by atoms with Crippen LogP contribution >= 0.6 is 0 Å². The van der Waals surface area contributed by atoms with Gasteiger partial charge in [0.2, 0.25) is 5.82 Å². The van der Waals surface area contributed by atoms with Crippen molar-refractivity contribution >= 4 is 5.97 Å². The van der Waals surface area contributed by atoms with Gasteiger partial charge < -0.3 is 14.6 Å². The lowest BCUT2D eigenvalue weighted by atomic mass is 10.2. The van der Waals surface area contributed by atoms with E-state index in [2.05, 4.69) is 9.97 Å². The highest BCUT2D eigenvalue weighted by atomic mass is 19.1. The Morgan fingerprint density at radius 2 is 2.10 bits per heavy atom. The van der Waals surface area contributed by atoms with E-state index in [0.29, 0.717) is 6.42 Å². The highest BCUT2D eigenvalue weighted by Crippen LogP contribution is 2.32. The molecule has 1 aromatic heterocycles. The molecular weight excluding hydrogens is 279 g/mol. The van der Waals surface area contributed by atoms with Crippen LogP contribution in [-0.2, 0) is 6.42 Å². The highest BCUT2D eigenvalue weighted by molar-refractivity contribution is 5.88. The standard InChI is InChI=1S/C14H13FN2O4/c1-3-9-12(15)13(17-7-16-9)21-11-6-8(14(18)19)4-5-10(11)20-2/h4-7H,3H2,1-2H3,(H,18,19). The fourth-order valence-electron chi connectivity index (χ4n) is 1.70. The van der Waals surface area contributed by atoms with E-state index < -0.39 is 11.8 Å². The van der Waals surface area contributed by atoms with Crippen molar-refractivity contribution in [2.45, 2.75) is 13.3 Å². The van der Waals surface area contributed by atoms with Crippen LogP contribution in [0.4, 0.5) is 4.39 Å². The molecule has 110 valence electrons. The number of hydrogen-bond donors (Lipinski definition) is 1. The molecule has 1 aromatic carbocycles. The maximum Gasteiger partial charge on any atom is 0.335 e. The summed E-state index contributed by atoms with van der Waals surface area (Å²) < 4.78 is 24.5. The van der Waals surface area contributed by atoms with Gasteiger partial charge in [-0.3, -0.25) is 0 Å². The summed E-state index contributed by atoms with van der Waals surface area (Å²) in [6.07, 6.45) is 1.57. The van der Waals surface area contributed by atoms with Crippen molar-refractivity contribution in [2.75, 3.05) is 7.11 Å². The predicted molar refractivity (Wildman–Crippen MR) is 71.4 cm³/mol. The van der Waals surface area contributed by atoms with Crippen molar-refractivity contribution in [2.24, 2.45) is 0 Å². The molecule has 1 N–H and O–H groups in total. The smallest absolute Gasteiger partial charge is 0.335 e. The maximum atomic E-state index is 14.0. The van der Waals surface area contributed by atoms with Crippen molar-refractivity contribution < 1.29 is 23.8 Å². The van der Waals surface area contributed by atoms with Crippen molar-refractivity contribution in [3.63, 3.8) is 0 Å². The number of aromatic carboxylic acids is 1. The van der Waals surface area contributed by atoms with Crippen molar-refractivity contribution in [3.05, 3.63) is 41.6 Å². The van der Waals surface area contributed by atoms with E-state index in [0.717, 1.165) is 0 Å². The molecule has 0 aliphatic rings. The van der Waals surface area contributed by atoms with E-state index in [-0.39, 0.29) is 28.6 Å². The van der Waals surface area contributed by atoms with Crippen LogP contribution in [0.15, 0.2) is 24.5 Å². The molecule has 0 saturated heterocycles. The largest absolute Gasteiger partial charge is 0.493 e. The summed E-state index contributed by atoms with van der Waals surface area (Å²) in [5.74, 6) is -1.74. The minimum Gasteiger partial charge on any atom is -0.493 e. The number of hydrogen-bond acceptors (Lipinski definition) is 5. The van der Waals surface area contributed by atoms with E-state index >= 15 is 0 Å². The first-order chi connectivity index (χ1) is 10.1. The van der Waals surface area contributed by atoms with Crippen molar-refractivity contribution in [1.82, 2.24) is 9.97 Å². The SMILES string of the molecule is CCc1ncnc(Oc2cc(C(=O)O)ccc2OC)c1F. The number of methoxy groups -OCH3 is 1. The van der Waals surface area contributed by atoms with Gasteiger partial charge in [0.25, 0.3) is 5.88 Å². The number of halogens is 1. The average Bonchev–Trinajstić information content (AvgIpc) is 2.49. The second kappa shape index (κ2) is 6.17. The Hall–Kier alpha value is -2.70. The summed E-state index contributed by atoms with van der Waals surface area (Å²) in [5.41, 5.74) is 0.212. The minimum absolute atomic E-state index is 0.00372. The lowest BCUT2D eigenvalue weighted by Gasteiger charge is -2.11. The Bertz CT molecular complexity index is 676. The Labute approximate surface area is 120 Å². The number of nitrogens with zero attached hydrogens (tertiary/aromatic N) is 2. The number of ether oxygens (including phenoxy) is 2. The van der Waals surface area contributed by atoms with Gasteiger partial charge in [-0.25, -0.2) is 9.78 Å². The zero-order chi connectivity index (χ0) is 15.4. The zero-order valence-electron chi connectivity index (χ0n) is 11.5. The number of benzene rings is 1. The maximum absolute atomic E-state index is 14.0. The lowest BCUT2D eigenvalue weighted by Crippen LogP contribution is -2.02. The van der Waals surface area contributed by atoms with E-state index in [1.807, 2.05) is 0 Å². The molecular formula is C14H13FN2O4. The molecule has 0 atom stereocenters. The van der Waals surface area contributed by atoms with E-state index in [4.69, 9.17) is 14.6 Å². The van der Waals surface area contributed by atoms with Gasteiger partial charge in [0.1, 0.15) is 6.33 Å². The number of carboxylic acid groups (broad SMARTS) is 1. The van der Waals surface area contributed by atoms with Crippen LogP contribution in [-0.4, -0.2) is 28.2 Å². The number of aryl methyl sites for hydroxylation is 1. The first kappa shape index (κ1) is 14.7. The minimum atomic E-state index is -1.13. The molecule has 0 radical (unpaired) electrons. The van der Waals surface area contributed by atoms with Crippen LogP contribution in [0, 0.1) is 5.82 Å². The average molecular weight is 292 g/mol. The second-order valence-electron chi connectivity index (χ2n) is 4.07. The first-order valence-corrected chi connectivity index (χ1v) is 6.15. The van der Waals surface area contributed by atoms with Crippen LogP contribution in [0.1, 0.15) is 23.0 Å². The van der Waals surface area contributed by atoms with E-state index in [9.17, 15) is 9.18 Å². The second-order valence-corrected chi connectivity index (χ2v) is 4.07. The van der Waals surface area contributed by atoms with Gasteiger partial charge in [-0.05, 0) is 24.6 Å². The fourth-order valence-corrected chi connectivity index (χ4v) is 1.70. The normalized spacial score (nSPS) is 10.2. The topological polar surface area (TPSA) is 81.5 Å². The van der Waals surface area contributed by atoms with Crippen LogP contribution in [0.5, 0.6) is 17.4 Å². The Morgan fingerprint density at radius 1 is 1.33 bits per heavy atom. The molecule has 2 aromatic rings. The van der Waals surface area contributed by atoms with Crippen LogP contribution < -0.4 is 9.47 Å². The van der Waals surface area contributed by atoms with Crippen LogP contribution in [0.3, 0.4) is 0 Å². The Kier molecular flexibility index (Phi) is 4.32. The third kappa shape index (κ3) is 3.07. The molecule has 0 spiro atoms. The molecule has 1 heterocycles. The molecule has 7 heteroatoms. The van der Waals surface area contributed by atoms with Gasteiger partial charge in [0, 0.05) is 0 Å². The first-order valence-electron chi connectivity index (χ1n) is 6.15. The molecule has 0 bridgehead atoms. The van der Waals surface area contributed by atoms with Gasteiger partial charge in [-0.15, -0.1) is 0 Å². The molecule has 0 fully saturated rings.